The molecule has 6 aromatic rings. The van der Waals surface area contributed by atoms with Gasteiger partial charge < -0.3 is 109 Å². The molecule has 40 heteroatoms. The number of H-pyrrole nitrogens is 1. The van der Waals surface area contributed by atoms with Gasteiger partial charge in [-0.2, -0.15) is 0 Å². The molecule has 0 spiro atoms. The highest BCUT2D eigenvalue weighted by Gasteiger charge is 2.48. The number of amides is 15. The van der Waals surface area contributed by atoms with Crippen LogP contribution in [0.2, 0.25) is 0 Å². The zero-order chi connectivity index (χ0) is 97.9. The van der Waals surface area contributed by atoms with Gasteiger partial charge in [0.25, 0.3) is 0 Å². The van der Waals surface area contributed by atoms with Crippen molar-refractivity contribution in [2.75, 3.05) is 58.8 Å². The number of carbonyl (C=O) groups is 16. The lowest BCUT2D eigenvalue weighted by molar-refractivity contribution is -0.152. The summed E-state index contributed by atoms with van der Waals surface area (Å²) in [6.07, 6.45) is -4.11. The number of unbranched alkanes of at least 4 members (excludes halogenated alkanes) is 2. The number of para-hydroxylation sites is 1. The van der Waals surface area contributed by atoms with E-state index in [0.29, 0.717) is 57.8 Å². The van der Waals surface area contributed by atoms with E-state index in [1.165, 1.54) is 59.3 Å². The van der Waals surface area contributed by atoms with Crippen molar-refractivity contribution < 1.29 is 106 Å². The van der Waals surface area contributed by atoms with Crippen LogP contribution in [-0.2, 0) is 109 Å². The summed E-state index contributed by atoms with van der Waals surface area (Å²) in [4.78, 5) is 246. The molecule has 4 heterocycles. The molecule has 15 atom stereocenters. The van der Waals surface area contributed by atoms with Crippen molar-refractivity contribution >= 4 is 117 Å². The second-order valence-electron chi connectivity index (χ2n) is 35.0. The number of phenols is 1. The van der Waals surface area contributed by atoms with Gasteiger partial charge in [-0.1, -0.05) is 145 Å². The van der Waals surface area contributed by atoms with Gasteiger partial charge in [0.2, 0.25) is 88.6 Å². The number of aliphatic hydroxyl groups is 2. The predicted molar refractivity (Wildman–Crippen MR) is 490 cm³/mol. The Labute approximate surface area is 779 Å². The number of hydrogen-bond acceptors (Lipinski definition) is 21. The topological polar surface area (TPSA) is 546 Å². The number of aromatic amines is 1. The van der Waals surface area contributed by atoms with Crippen LogP contribution in [0, 0.1) is 23.5 Å². The van der Waals surface area contributed by atoms with E-state index in [1.807, 2.05) is 0 Å². The van der Waals surface area contributed by atoms with Gasteiger partial charge in [-0.3, -0.25) is 76.7 Å². The van der Waals surface area contributed by atoms with Gasteiger partial charge in [0.15, 0.2) is 11.6 Å². The number of rotatable bonds is 25. The second-order valence-corrected chi connectivity index (χ2v) is 36.1. The number of halogens is 2. The summed E-state index contributed by atoms with van der Waals surface area (Å²) in [6.45, 7) is 6.65. The molecule has 18 N–H and O–H groups in total. The quantitative estimate of drug-likeness (QED) is 0.0352. The fourth-order valence-corrected chi connectivity index (χ4v) is 17.5. The standard InChI is InChI=1S/C94H123F2N17O20S/c1-9-10-28-73-93(132)113-49-61(116)44-76(113)89(128)106-70(45-80(119)120)86(125)108-81(53(4)5)94(133)110(7)74(40-54-21-13-11-14-22-54)87(126)102-66(27-19-20-35-97)91(130)112-48-60(115)43-75(112)88(127)105-69(42-58-46-99-65-26-18-17-25-62(58)65)85(124)104-68(38-56-29-32-59(114)33-30-56)84(123)103-67(36-52(2)3)83(122)107-72(82(121)100-47-78(98)117)50-134-51-79(118)101-71(39-57-31-34-63(95)64(96)37-57)90(129)111(8)77(92(131)109(73)6)41-55-23-15-12-16-24-55/h11-18,21-26,29-34,37,46,52-53,60-61,66-77,81,99,114-116H,9-10,19-20,27-28,35-36,38-45,47-51,97H2,1-8H3,(H2,98,117)(H,100,121)(H,101,118)(H,102,126)(H,103,123)(H,104,124)(H,105,127)(H,106,128)(H,107,122)(H,108,125)(H,119,120)/t60-,61-,66+,67+,68+,69+,70+,71+,72+,73+,74-,75-,76-,77+,81+/m1/s1. The van der Waals surface area contributed by atoms with Crippen LogP contribution in [0.4, 0.5) is 8.78 Å². The number of nitrogens with one attached hydrogen (secondary N) is 10. The third kappa shape index (κ3) is 29.3. The van der Waals surface area contributed by atoms with E-state index in [1.54, 1.807) is 112 Å². The maximum atomic E-state index is 15.7. The maximum Gasteiger partial charge on any atom is 0.305 e. The molecule has 3 fully saturated rings. The molecule has 5 aromatic carbocycles. The van der Waals surface area contributed by atoms with Crippen LogP contribution < -0.4 is 59.3 Å². The number of aromatic nitrogens is 1. The molecule has 0 radical (unpaired) electrons. The Morgan fingerprint density at radius 1 is 0.515 bits per heavy atom. The number of benzene rings is 5. The molecule has 9 rings (SSSR count). The Morgan fingerprint density at radius 3 is 1.63 bits per heavy atom. The molecule has 0 saturated carbocycles. The number of carboxylic acids is 1. The average molecular weight is 1880 g/mol. The number of likely N-dealkylation sites (N-methyl/N-ethyl adjacent to an activating group) is 3. The van der Waals surface area contributed by atoms with Crippen LogP contribution >= 0.6 is 11.8 Å². The fourth-order valence-electron chi connectivity index (χ4n) is 16.6. The summed E-state index contributed by atoms with van der Waals surface area (Å²) in [6, 6.07) is 10.7. The number of primary amides is 1. The number of carbonyl (C=O) groups excluding carboxylic acids is 15. The largest absolute Gasteiger partial charge is 0.508 e. The normalized spacial score (nSPS) is 24.6. The predicted octanol–water partition coefficient (Wildman–Crippen LogP) is 0.792. The van der Waals surface area contributed by atoms with E-state index in [9.17, 15) is 53.6 Å². The van der Waals surface area contributed by atoms with Crippen molar-refractivity contribution in [3.05, 3.63) is 173 Å². The third-order valence-corrected chi connectivity index (χ3v) is 25.0. The Balaban J connectivity index is 1.14. The summed E-state index contributed by atoms with van der Waals surface area (Å²) < 4.78 is 29.9. The number of thioether (sulfide) groups is 1. The zero-order valence-electron chi connectivity index (χ0n) is 76.2. The number of phenolic OH excluding ortho intramolecular Hbond substituents is 1. The molecule has 0 bridgehead atoms. The first-order valence-corrected chi connectivity index (χ1v) is 46.0. The molecule has 724 valence electrons. The first-order chi connectivity index (χ1) is 63.7. The van der Waals surface area contributed by atoms with Crippen molar-refractivity contribution in [3.8, 4) is 5.75 Å². The van der Waals surface area contributed by atoms with Crippen LogP contribution in [0.5, 0.6) is 5.75 Å². The maximum absolute atomic E-state index is 15.7. The Bertz CT molecular complexity index is 5160. The van der Waals surface area contributed by atoms with Crippen LogP contribution in [0.15, 0.2) is 134 Å². The van der Waals surface area contributed by atoms with Gasteiger partial charge in [0.1, 0.15) is 84.3 Å². The molecule has 37 nitrogen and oxygen atoms in total. The number of fused-ring (bicyclic) bond motifs is 3. The number of nitrogens with two attached hydrogens (primary N) is 2. The molecule has 134 heavy (non-hydrogen) atoms. The zero-order valence-corrected chi connectivity index (χ0v) is 77.1. The van der Waals surface area contributed by atoms with E-state index >= 15 is 52.3 Å². The van der Waals surface area contributed by atoms with Crippen LogP contribution in [0.3, 0.4) is 0 Å². The van der Waals surface area contributed by atoms with E-state index in [0.717, 1.165) is 42.7 Å². The number of aliphatic hydroxyl groups excluding tert-OH is 2. The highest BCUT2D eigenvalue weighted by Crippen LogP contribution is 2.29. The first kappa shape index (κ1) is 105. The molecule has 0 unspecified atom stereocenters. The average Bonchev–Trinajstić information content (AvgIpc) is 1.57. The minimum absolute atomic E-state index is 0.0247. The number of carboxylic acid groups (broad SMARTS) is 1. The lowest BCUT2D eigenvalue weighted by Crippen LogP contribution is -2.62. The van der Waals surface area contributed by atoms with Gasteiger partial charge >= 0.3 is 5.97 Å². The Kier molecular flexibility index (Phi) is 38.8. The second kappa shape index (κ2) is 49.7. The summed E-state index contributed by atoms with van der Waals surface area (Å²) >= 11 is 0.713. The number of hydrogen-bond donors (Lipinski definition) is 16. The van der Waals surface area contributed by atoms with Crippen molar-refractivity contribution in [1.82, 2.24) is 77.3 Å². The van der Waals surface area contributed by atoms with Gasteiger partial charge in [-0.05, 0) is 109 Å². The smallest absolute Gasteiger partial charge is 0.305 e. The van der Waals surface area contributed by atoms with E-state index in [4.69, 9.17) is 11.5 Å². The van der Waals surface area contributed by atoms with Crippen molar-refractivity contribution in [1.29, 1.82) is 0 Å². The number of nitrogens with zero attached hydrogens (tertiary/aromatic N) is 5. The van der Waals surface area contributed by atoms with Crippen LogP contribution in [0.1, 0.15) is 127 Å². The van der Waals surface area contributed by atoms with Crippen molar-refractivity contribution in [2.45, 2.75) is 222 Å². The monoisotopic (exact) mass is 1880 g/mol. The van der Waals surface area contributed by atoms with Gasteiger partial charge in [0, 0.05) is 102 Å². The van der Waals surface area contributed by atoms with Crippen molar-refractivity contribution in [2.24, 2.45) is 23.3 Å². The number of aromatic hydroxyl groups is 1. The lowest BCUT2D eigenvalue weighted by Gasteiger charge is -2.38. The van der Waals surface area contributed by atoms with Crippen LogP contribution in [0.25, 0.3) is 10.9 Å². The first-order valence-electron chi connectivity index (χ1n) is 44.8. The highest BCUT2D eigenvalue weighted by molar-refractivity contribution is 8.00. The molecule has 3 aliphatic heterocycles. The number of aliphatic carboxylic acids is 1. The molecule has 3 aliphatic rings. The molecular weight excluding hydrogens is 1760 g/mol. The highest BCUT2D eigenvalue weighted by atomic mass is 32.2. The molecular formula is C94H123F2N17O20S. The van der Waals surface area contributed by atoms with Gasteiger partial charge in [-0.15, -0.1) is 11.8 Å². The minimum atomic E-state index is -2.02. The Morgan fingerprint density at radius 2 is 1.04 bits per heavy atom. The minimum Gasteiger partial charge on any atom is -0.508 e. The summed E-state index contributed by atoms with van der Waals surface area (Å²) in [7, 11) is 3.77. The molecule has 0 aliphatic carbocycles. The molecule has 15 amide bonds. The fraction of sp³-hybridized carbons (Fsp3) is 0.489. The lowest BCUT2D eigenvalue weighted by atomic mass is 9.98. The van der Waals surface area contributed by atoms with Gasteiger partial charge in [-0.25, -0.2) is 8.78 Å². The van der Waals surface area contributed by atoms with E-state index < -0.39 is 266 Å². The summed E-state index contributed by atoms with van der Waals surface area (Å²) in [5.74, 6) is -21.6. The molecule has 1 aromatic heterocycles. The Hall–Kier alpha value is -13.0. The van der Waals surface area contributed by atoms with Gasteiger partial charge in [0.05, 0.1) is 30.9 Å². The van der Waals surface area contributed by atoms with Crippen molar-refractivity contribution in [3.63, 3.8) is 0 Å². The third-order valence-electron chi connectivity index (χ3n) is 24.0. The SMILES string of the molecule is CCCC[C@H]1C(=O)N2C[C@H](O)C[C@@H]2C(=O)N[C@@H](CC(=O)O)C(=O)N[C@@H](C(C)C)C(=O)N(C)[C@H](Cc2ccccc2)C(=O)N[C@@H](CCCCN)C(=O)N2C[C@H](O)C[C@@H]2C(=O)N[C@@H](Cc2c[nH]c3ccccc23)C(=O)N[C@@H](Cc2ccc(O)cc2)C(=O)N[C@@H](CC(C)C)C(=O)N[C@H](C(=O)NCC(N)=O)CSCC(=O)N[C@@H](Cc2ccc(F)c(F)c2)C(=O)N(C)[C@@H](Cc2ccccc2)C(=O)N1C. The van der Waals surface area contributed by atoms with E-state index in [-0.39, 0.29) is 75.6 Å². The van der Waals surface area contributed by atoms with Crippen LogP contribution in [-0.4, -0.2) is 294 Å². The summed E-state index contributed by atoms with van der Waals surface area (Å²) in [5.41, 5.74) is 13.9. The molecule has 3 saturated heterocycles. The summed E-state index contributed by atoms with van der Waals surface area (Å²) in [5, 5.41) is 68.1. The van der Waals surface area contributed by atoms with E-state index in [2.05, 4.69) is 52.8 Å².